The first-order valence-corrected chi connectivity index (χ1v) is 11.3. The van der Waals surface area contributed by atoms with E-state index in [1.165, 1.54) is 6.42 Å². The van der Waals surface area contributed by atoms with Crippen LogP contribution < -0.4 is 25.4 Å². The third-order valence-electron chi connectivity index (χ3n) is 5.28. The summed E-state index contributed by atoms with van der Waals surface area (Å²) in [6.07, 6.45) is 2.04. The number of anilines is 1. The SMILES string of the molecule is CCN1CCC(CNC(=NCC(=O)NC(C)(C)C)Nc2ccc3c(c2)OCCCO3)C1.I. The number of carbonyl (C=O) groups is 1. The molecule has 8 nitrogen and oxygen atoms in total. The summed E-state index contributed by atoms with van der Waals surface area (Å²) < 4.78 is 11.5. The van der Waals surface area contributed by atoms with Crippen molar-refractivity contribution in [1.82, 2.24) is 15.5 Å². The summed E-state index contributed by atoms with van der Waals surface area (Å²) in [4.78, 5) is 19.3. The molecule has 32 heavy (non-hydrogen) atoms. The van der Waals surface area contributed by atoms with Crippen LogP contribution in [0.25, 0.3) is 0 Å². The Morgan fingerprint density at radius 1 is 1.22 bits per heavy atom. The van der Waals surface area contributed by atoms with Crippen LogP contribution in [-0.4, -0.2) is 68.2 Å². The molecule has 1 aromatic rings. The van der Waals surface area contributed by atoms with Crippen molar-refractivity contribution >= 4 is 41.5 Å². The lowest BCUT2D eigenvalue weighted by Gasteiger charge is -2.20. The standard InChI is InChI=1S/C23H37N5O3.HI/c1-5-28-10-9-17(16-28)14-24-22(25-15-21(29)27-23(2,3)4)26-18-7-8-19-20(13-18)31-12-6-11-30-19;/h7-8,13,17H,5-6,9-12,14-16H2,1-4H3,(H,27,29)(H2,24,25,26);1H. The smallest absolute Gasteiger partial charge is 0.242 e. The van der Waals surface area contributed by atoms with E-state index in [9.17, 15) is 4.79 Å². The van der Waals surface area contributed by atoms with Gasteiger partial charge in [0.2, 0.25) is 5.91 Å². The molecule has 1 unspecified atom stereocenters. The highest BCUT2D eigenvalue weighted by molar-refractivity contribution is 14.0. The van der Waals surface area contributed by atoms with Crippen molar-refractivity contribution in [3.05, 3.63) is 18.2 Å². The molecule has 0 radical (unpaired) electrons. The maximum Gasteiger partial charge on any atom is 0.242 e. The van der Waals surface area contributed by atoms with Gasteiger partial charge in [-0.1, -0.05) is 6.92 Å². The molecular weight excluding hydrogens is 521 g/mol. The number of halogens is 1. The first-order valence-electron chi connectivity index (χ1n) is 11.3. The summed E-state index contributed by atoms with van der Waals surface area (Å²) >= 11 is 0. The highest BCUT2D eigenvalue weighted by Gasteiger charge is 2.21. The average Bonchev–Trinajstić information content (AvgIpc) is 3.05. The van der Waals surface area contributed by atoms with E-state index >= 15 is 0 Å². The molecule has 3 rings (SSSR count). The number of hydrogen-bond donors (Lipinski definition) is 3. The minimum absolute atomic E-state index is 0. The Kier molecular flexibility index (Phi) is 10.3. The van der Waals surface area contributed by atoms with Gasteiger partial charge >= 0.3 is 0 Å². The van der Waals surface area contributed by atoms with Crippen molar-refractivity contribution in [1.29, 1.82) is 0 Å². The molecule has 1 aromatic carbocycles. The molecule has 2 aliphatic heterocycles. The van der Waals surface area contributed by atoms with Crippen LogP contribution in [0, 0.1) is 5.92 Å². The van der Waals surface area contributed by atoms with Crippen LogP contribution in [0.2, 0.25) is 0 Å². The Morgan fingerprint density at radius 2 is 1.97 bits per heavy atom. The van der Waals surface area contributed by atoms with Crippen molar-refractivity contribution < 1.29 is 14.3 Å². The lowest BCUT2D eigenvalue weighted by molar-refractivity contribution is -0.121. The number of benzene rings is 1. The molecule has 2 heterocycles. The van der Waals surface area contributed by atoms with Crippen molar-refractivity contribution in [2.75, 3.05) is 51.3 Å². The molecule has 9 heteroatoms. The van der Waals surface area contributed by atoms with E-state index in [2.05, 4.69) is 32.8 Å². The average molecular weight is 559 g/mol. The van der Waals surface area contributed by atoms with Crippen molar-refractivity contribution in [2.45, 2.75) is 46.1 Å². The topological polar surface area (TPSA) is 87.2 Å². The van der Waals surface area contributed by atoms with E-state index in [1.54, 1.807) is 0 Å². The lowest BCUT2D eigenvalue weighted by atomic mass is 10.1. The van der Waals surface area contributed by atoms with Crippen molar-refractivity contribution in [3.63, 3.8) is 0 Å². The second-order valence-electron chi connectivity index (χ2n) is 9.23. The monoisotopic (exact) mass is 559 g/mol. The minimum atomic E-state index is -0.282. The van der Waals surface area contributed by atoms with Crippen LogP contribution in [-0.2, 0) is 4.79 Å². The van der Waals surface area contributed by atoms with Crippen LogP contribution in [0.3, 0.4) is 0 Å². The number of guanidine groups is 1. The molecule has 0 spiro atoms. The van der Waals surface area contributed by atoms with E-state index < -0.39 is 0 Å². The van der Waals surface area contributed by atoms with Crippen molar-refractivity contribution in [3.8, 4) is 11.5 Å². The molecule has 180 valence electrons. The molecule has 1 atom stereocenters. The Morgan fingerprint density at radius 3 is 2.66 bits per heavy atom. The second kappa shape index (κ2) is 12.5. The summed E-state index contributed by atoms with van der Waals surface area (Å²) in [5.41, 5.74) is 0.559. The summed E-state index contributed by atoms with van der Waals surface area (Å²) in [6.45, 7) is 13.6. The zero-order valence-electron chi connectivity index (χ0n) is 19.7. The third-order valence-corrected chi connectivity index (χ3v) is 5.28. The maximum absolute atomic E-state index is 12.3. The highest BCUT2D eigenvalue weighted by atomic mass is 127. The van der Waals surface area contributed by atoms with Gasteiger partial charge in [-0.05, 0) is 58.3 Å². The molecule has 1 amide bonds. The Balaban J connectivity index is 0.00000363. The van der Waals surface area contributed by atoms with Gasteiger partial charge in [-0.2, -0.15) is 0 Å². The number of amides is 1. The van der Waals surface area contributed by atoms with Gasteiger partial charge in [-0.25, -0.2) is 4.99 Å². The Bertz CT molecular complexity index is 781. The number of rotatable bonds is 6. The maximum atomic E-state index is 12.3. The normalized spacial score (nSPS) is 19.0. The molecular formula is C23H38IN5O3. The van der Waals surface area contributed by atoms with Gasteiger partial charge in [0.15, 0.2) is 17.5 Å². The van der Waals surface area contributed by atoms with E-state index in [0.717, 1.165) is 49.8 Å². The highest BCUT2D eigenvalue weighted by Crippen LogP contribution is 2.32. The lowest BCUT2D eigenvalue weighted by Crippen LogP contribution is -2.42. The van der Waals surface area contributed by atoms with E-state index in [1.807, 2.05) is 39.0 Å². The molecule has 0 aromatic heterocycles. The molecule has 0 bridgehead atoms. The molecule has 1 saturated heterocycles. The van der Waals surface area contributed by atoms with E-state index in [4.69, 9.17) is 9.47 Å². The number of likely N-dealkylation sites (tertiary alicyclic amines) is 1. The van der Waals surface area contributed by atoms with Gasteiger partial charge in [0.1, 0.15) is 6.54 Å². The zero-order chi connectivity index (χ0) is 22.3. The predicted molar refractivity (Wildman–Crippen MR) is 140 cm³/mol. The summed E-state index contributed by atoms with van der Waals surface area (Å²) in [5, 5.41) is 9.70. The molecule has 0 saturated carbocycles. The zero-order valence-corrected chi connectivity index (χ0v) is 22.0. The fraction of sp³-hybridized carbons (Fsp3) is 0.652. The van der Waals surface area contributed by atoms with Gasteiger partial charge in [0.05, 0.1) is 13.2 Å². The number of hydrogen-bond acceptors (Lipinski definition) is 5. The molecule has 0 aliphatic carbocycles. The van der Waals surface area contributed by atoms with Crippen molar-refractivity contribution in [2.24, 2.45) is 10.9 Å². The van der Waals surface area contributed by atoms with Gasteiger partial charge < -0.3 is 30.3 Å². The Labute approximate surface area is 208 Å². The number of ether oxygens (including phenoxy) is 2. The first-order chi connectivity index (χ1) is 14.8. The second-order valence-corrected chi connectivity index (χ2v) is 9.23. The van der Waals surface area contributed by atoms with Gasteiger partial charge in [0.25, 0.3) is 0 Å². The van der Waals surface area contributed by atoms with Crippen LogP contribution in [0.1, 0.15) is 40.5 Å². The number of aliphatic imine (C=N–C) groups is 1. The summed E-state index contributed by atoms with van der Waals surface area (Å²) in [6, 6.07) is 5.76. The molecule has 2 aliphatic rings. The van der Waals surface area contributed by atoms with Crippen LogP contribution in [0.4, 0.5) is 5.69 Å². The molecule has 3 N–H and O–H groups in total. The van der Waals surface area contributed by atoms with Crippen LogP contribution in [0.15, 0.2) is 23.2 Å². The fourth-order valence-corrected chi connectivity index (χ4v) is 3.73. The number of nitrogens with one attached hydrogen (secondary N) is 3. The number of carbonyl (C=O) groups excluding carboxylic acids is 1. The number of fused-ring (bicyclic) bond motifs is 1. The van der Waals surface area contributed by atoms with Crippen LogP contribution >= 0.6 is 24.0 Å². The summed E-state index contributed by atoms with van der Waals surface area (Å²) in [5.74, 6) is 2.53. The first kappa shape index (κ1) is 26.5. The molecule has 1 fully saturated rings. The summed E-state index contributed by atoms with van der Waals surface area (Å²) in [7, 11) is 0. The van der Waals surface area contributed by atoms with Gasteiger partial charge in [-0.15, -0.1) is 24.0 Å². The largest absolute Gasteiger partial charge is 0.490 e. The minimum Gasteiger partial charge on any atom is -0.490 e. The van der Waals surface area contributed by atoms with Gasteiger partial charge in [0, 0.05) is 36.8 Å². The third kappa shape index (κ3) is 8.65. The van der Waals surface area contributed by atoms with Gasteiger partial charge in [-0.3, -0.25) is 4.79 Å². The fourth-order valence-electron chi connectivity index (χ4n) is 3.73. The van der Waals surface area contributed by atoms with E-state index in [-0.39, 0.29) is 42.0 Å². The predicted octanol–water partition coefficient (Wildman–Crippen LogP) is 3.08. The van der Waals surface area contributed by atoms with Crippen LogP contribution in [0.5, 0.6) is 11.5 Å². The van der Waals surface area contributed by atoms with E-state index in [0.29, 0.717) is 25.1 Å². The number of nitrogens with zero attached hydrogens (tertiary/aromatic N) is 2. The quantitative estimate of drug-likeness (QED) is 0.282. The Hall–Kier alpha value is -1.75.